The number of aryl methyl sites for hydroxylation is 1. The van der Waals surface area contributed by atoms with Crippen LogP contribution in [-0.4, -0.2) is 5.84 Å². The molecule has 0 aliphatic rings. The van der Waals surface area contributed by atoms with Crippen molar-refractivity contribution in [1.29, 1.82) is 0 Å². The van der Waals surface area contributed by atoms with Gasteiger partial charge in [-0.2, -0.15) is 0 Å². The fraction of sp³-hybridized carbons (Fsp3) is 0.0500. The molecule has 0 saturated carbocycles. The molecule has 2 nitrogen and oxygen atoms in total. The minimum absolute atomic E-state index is 0.843. The van der Waals surface area contributed by atoms with E-state index in [0.717, 1.165) is 22.8 Å². The number of hydrogen-bond donors (Lipinski definition) is 1. The van der Waals surface area contributed by atoms with Gasteiger partial charge in [0.1, 0.15) is 5.84 Å². The maximum absolute atomic E-state index is 4.77. The number of para-hydroxylation sites is 1. The Hall–Kier alpha value is -2.87. The fourth-order valence-corrected chi connectivity index (χ4v) is 2.17. The third-order valence-corrected chi connectivity index (χ3v) is 3.36. The minimum Gasteiger partial charge on any atom is -0.340 e. The first-order chi connectivity index (χ1) is 10.8. The summed E-state index contributed by atoms with van der Waals surface area (Å²) in [5.74, 6) is 0.843. The van der Waals surface area contributed by atoms with E-state index in [1.165, 1.54) is 5.56 Å². The van der Waals surface area contributed by atoms with Crippen molar-refractivity contribution in [2.75, 3.05) is 5.32 Å². The topological polar surface area (TPSA) is 24.4 Å². The van der Waals surface area contributed by atoms with Crippen molar-refractivity contribution in [3.8, 4) is 0 Å². The summed E-state index contributed by atoms with van der Waals surface area (Å²) < 4.78 is 0. The smallest absolute Gasteiger partial charge is 0.138 e. The maximum Gasteiger partial charge on any atom is 0.138 e. The van der Waals surface area contributed by atoms with Crippen LogP contribution in [0.4, 0.5) is 11.4 Å². The lowest BCUT2D eigenvalue weighted by Crippen LogP contribution is -2.13. The Labute approximate surface area is 131 Å². The molecule has 3 rings (SSSR count). The van der Waals surface area contributed by atoms with Crippen molar-refractivity contribution in [2.45, 2.75) is 6.92 Å². The Morgan fingerprint density at radius 1 is 0.727 bits per heavy atom. The Kier molecular flexibility index (Phi) is 4.30. The molecule has 0 aliphatic carbocycles. The summed E-state index contributed by atoms with van der Waals surface area (Å²) in [6.45, 7) is 2.08. The zero-order valence-corrected chi connectivity index (χ0v) is 12.5. The number of hydrogen-bond acceptors (Lipinski definition) is 1. The Bertz CT molecular complexity index is 745. The first-order valence-corrected chi connectivity index (χ1v) is 7.34. The lowest BCUT2D eigenvalue weighted by molar-refractivity contribution is 1.42. The number of anilines is 1. The first-order valence-electron chi connectivity index (χ1n) is 7.34. The number of amidine groups is 1. The fourth-order valence-electron chi connectivity index (χ4n) is 2.17. The molecule has 22 heavy (non-hydrogen) atoms. The quantitative estimate of drug-likeness (QED) is 0.520. The van der Waals surface area contributed by atoms with Crippen LogP contribution in [0.15, 0.2) is 89.9 Å². The van der Waals surface area contributed by atoms with Crippen molar-refractivity contribution in [1.82, 2.24) is 0 Å². The number of benzene rings is 3. The molecule has 0 atom stereocenters. The van der Waals surface area contributed by atoms with Crippen molar-refractivity contribution >= 4 is 17.2 Å². The highest BCUT2D eigenvalue weighted by molar-refractivity contribution is 6.09. The van der Waals surface area contributed by atoms with Gasteiger partial charge in [0.15, 0.2) is 0 Å². The largest absolute Gasteiger partial charge is 0.340 e. The molecule has 0 aromatic heterocycles. The van der Waals surface area contributed by atoms with Crippen LogP contribution in [-0.2, 0) is 0 Å². The van der Waals surface area contributed by atoms with E-state index in [2.05, 4.69) is 36.5 Å². The van der Waals surface area contributed by atoms with Gasteiger partial charge in [0.05, 0.1) is 5.69 Å². The Morgan fingerprint density at radius 3 is 1.95 bits per heavy atom. The summed E-state index contributed by atoms with van der Waals surface area (Å²) in [5, 5.41) is 3.41. The van der Waals surface area contributed by atoms with E-state index < -0.39 is 0 Å². The van der Waals surface area contributed by atoms with Crippen LogP contribution >= 0.6 is 0 Å². The molecule has 108 valence electrons. The van der Waals surface area contributed by atoms with Gasteiger partial charge in [0.2, 0.25) is 0 Å². The highest BCUT2D eigenvalue weighted by Gasteiger charge is 2.04. The highest BCUT2D eigenvalue weighted by atomic mass is 15.0. The van der Waals surface area contributed by atoms with Gasteiger partial charge in [0, 0.05) is 11.3 Å². The molecule has 1 N–H and O–H groups in total. The predicted molar refractivity (Wildman–Crippen MR) is 93.9 cm³/mol. The van der Waals surface area contributed by atoms with Gasteiger partial charge in [-0.1, -0.05) is 66.2 Å². The van der Waals surface area contributed by atoms with E-state index in [-0.39, 0.29) is 0 Å². The van der Waals surface area contributed by atoms with Crippen molar-refractivity contribution < 1.29 is 0 Å². The SMILES string of the molecule is Cc1ccc(N=C(Nc2ccccc2)c2ccccc2)cc1. The zero-order chi connectivity index (χ0) is 15.2. The van der Waals surface area contributed by atoms with E-state index in [0.29, 0.717) is 0 Å². The number of nitrogens with one attached hydrogen (secondary N) is 1. The maximum atomic E-state index is 4.77. The molecule has 0 amide bonds. The van der Waals surface area contributed by atoms with Crippen LogP contribution in [0.25, 0.3) is 0 Å². The predicted octanol–water partition coefficient (Wildman–Crippen LogP) is 5.19. The standard InChI is InChI=1S/C20H18N2/c1-16-12-14-19(15-13-16)22-20(17-8-4-2-5-9-17)21-18-10-6-3-7-11-18/h2-15H,1H3,(H,21,22). The molecule has 3 aromatic carbocycles. The first kappa shape index (κ1) is 14.1. The lowest BCUT2D eigenvalue weighted by Gasteiger charge is -2.10. The number of aliphatic imine (C=N–C) groups is 1. The van der Waals surface area contributed by atoms with Gasteiger partial charge < -0.3 is 5.32 Å². The zero-order valence-electron chi connectivity index (χ0n) is 12.5. The Balaban J connectivity index is 1.97. The molecule has 3 aromatic rings. The van der Waals surface area contributed by atoms with Gasteiger partial charge in [-0.15, -0.1) is 0 Å². The second-order valence-electron chi connectivity index (χ2n) is 5.15. The molecular weight excluding hydrogens is 268 g/mol. The molecule has 0 fully saturated rings. The average Bonchev–Trinajstić information content (AvgIpc) is 2.58. The van der Waals surface area contributed by atoms with Gasteiger partial charge in [-0.3, -0.25) is 0 Å². The highest BCUT2D eigenvalue weighted by Crippen LogP contribution is 2.16. The summed E-state index contributed by atoms with van der Waals surface area (Å²) in [6.07, 6.45) is 0. The van der Waals surface area contributed by atoms with Crippen LogP contribution < -0.4 is 5.32 Å². The van der Waals surface area contributed by atoms with Crippen LogP contribution in [0.5, 0.6) is 0 Å². The van der Waals surface area contributed by atoms with Gasteiger partial charge >= 0.3 is 0 Å². The molecule has 0 bridgehead atoms. The third-order valence-electron chi connectivity index (χ3n) is 3.36. The second-order valence-corrected chi connectivity index (χ2v) is 5.15. The number of nitrogens with zero attached hydrogens (tertiary/aromatic N) is 1. The molecule has 0 heterocycles. The normalized spacial score (nSPS) is 11.2. The monoisotopic (exact) mass is 286 g/mol. The van der Waals surface area contributed by atoms with E-state index in [9.17, 15) is 0 Å². The summed E-state index contributed by atoms with van der Waals surface area (Å²) in [7, 11) is 0. The molecule has 0 radical (unpaired) electrons. The molecule has 0 spiro atoms. The van der Waals surface area contributed by atoms with Crippen LogP contribution in [0.3, 0.4) is 0 Å². The van der Waals surface area contributed by atoms with Crippen molar-refractivity contribution in [3.63, 3.8) is 0 Å². The second kappa shape index (κ2) is 6.72. The molecular formula is C20H18N2. The summed E-state index contributed by atoms with van der Waals surface area (Å²) in [4.78, 5) is 4.77. The van der Waals surface area contributed by atoms with Crippen LogP contribution in [0.2, 0.25) is 0 Å². The molecule has 0 aliphatic heterocycles. The summed E-state index contributed by atoms with van der Waals surface area (Å²) in [5.41, 5.74) is 4.26. The number of rotatable bonds is 3. The van der Waals surface area contributed by atoms with Gasteiger partial charge in [-0.05, 0) is 31.2 Å². The molecule has 2 heteroatoms. The lowest BCUT2D eigenvalue weighted by atomic mass is 10.2. The van der Waals surface area contributed by atoms with E-state index >= 15 is 0 Å². The summed E-state index contributed by atoms with van der Waals surface area (Å²) in [6, 6.07) is 28.5. The molecule has 0 saturated heterocycles. The van der Waals surface area contributed by atoms with Crippen LogP contribution in [0.1, 0.15) is 11.1 Å². The van der Waals surface area contributed by atoms with E-state index in [1.54, 1.807) is 0 Å². The molecule has 0 unspecified atom stereocenters. The van der Waals surface area contributed by atoms with E-state index in [1.807, 2.05) is 60.7 Å². The Morgan fingerprint density at radius 2 is 1.32 bits per heavy atom. The minimum atomic E-state index is 0.843. The third kappa shape index (κ3) is 3.61. The summed E-state index contributed by atoms with van der Waals surface area (Å²) >= 11 is 0. The average molecular weight is 286 g/mol. The van der Waals surface area contributed by atoms with Crippen molar-refractivity contribution in [2.24, 2.45) is 4.99 Å². The van der Waals surface area contributed by atoms with Gasteiger partial charge in [0.25, 0.3) is 0 Å². The van der Waals surface area contributed by atoms with Crippen molar-refractivity contribution in [3.05, 3.63) is 96.1 Å². The van der Waals surface area contributed by atoms with Gasteiger partial charge in [-0.25, -0.2) is 4.99 Å². The van der Waals surface area contributed by atoms with Crippen LogP contribution in [0, 0.1) is 6.92 Å². The van der Waals surface area contributed by atoms with E-state index in [4.69, 9.17) is 4.99 Å².